The maximum absolute atomic E-state index is 12.0. The van der Waals surface area contributed by atoms with E-state index < -0.39 is 0 Å². The number of imidazole rings is 1. The van der Waals surface area contributed by atoms with Crippen molar-refractivity contribution in [3.05, 3.63) is 53.6 Å². The highest BCUT2D eigenvalue weighted by Gasteiger charge is 2.17. The Morgan fingerprint density at radius 1 is 0.905 bits per heavy atom. The normalized spacial score (nSPS) is 13.9. The molecule has 0 unspecified atom stereocenters. The van der Waals surface area contributed by atoms with Crippen molar-refractivity contribution in [3.8, 4) is 11.4 Å². The van der Waals surface area contributed by atoms with Crippen LogP contribution in [0.2, 0.25) is 0 Å². The number of fused-ring (bicyclic) bond motifs is 1. The number of nitrogens with zero attached hydrogens (tertiary/aromatic N) is 4. The fraction of sp³-hybridized carbons (Fsp3) is 0.588. The summed E-state index contributed by atoms with van der Waals surface area (Å²) in [5, 5.41) is 0. The minimum Gasteiger partial charge on any atom is -0.465 e. The van der Waals surface area contributed by atoms with E-state index in [1.54, 1.807) is 0 Å². The number of aromatic nitrogens is 2. The molecule has 234 valence electrons. The number of halogens is 2. The van der Waals surface area contributed by atoms with Crippen LogP contribution in [-0.4, -0.2) is 65.2 Å². The number of rotatable bonds is 14. The average Bonchev–Trinajstić information content (AvgIpc) is 3.32. The first-order chi connectivity index (χ1) is 19.3. The van der Waals surface area contributed by atoms with Gasteiger partial charge in [0.2, 0.25) is 0 Å². The van der Waals surface area contributed by atoms with Crippen LogP contribution in [0.3, 0.4) is 0 Å². The number of esters is 1. The van der Waals surface area contributed by atoms with Crippen molar-refractivity contribution in [1.82, 2.24) is 19.4 Å². The zero-order valence-electron chi connectivity index (χ0n) is 26.3. The molecule has 1 saturated heterocycles. The molecule has 0 atom stereocenters. The van der Waals surface area contributed by atoms with Crippen LogP contribution in [0.15, 0.2) is 42.5 Å². The van der Waals surface area contributed by atoms with E-state index in [1.807, 2.05) is 24.3 Å². The van der Waals surface area contributed by atoms with Gasteiger partial charge in [-0.3, -0.25) is 4.90 Å². The lowest BCUT2D eigenvalue weighted by Gasteiger charge is -2.26. The van der Waals surface area contributed by atoms with Crippen molar-refractivity contribution in [2.45, 2.75) is 79.3 Å². The first-order valence-electron chi connectivity index (χ1n) is 15.5. The zero-order chi connectivity index (χ0) is 28.5. The third-order valence-corrected chi connectivity index (χ3v) is 8.13. The van der Waals surface area contributed by atoms with Gasteiger partial charge >= 0.3 is 5.97 Å². The number of carbonyl (C=O) groups is 1. The van der Waals surface area contributed by atoms with Gasteiger partial charge in [-0.25, -0.2) is 9.78 Å². The van der Waals surface area contributed by atoms with Crippen LogP contribution in [0.25, 0.3) is 22.4 Å². The molecular weight excluding hydrogens is 567 g/mol. The molecule has 0 aliphatic carbocycles. The van der Waals surface area contributed by atoms with Crippen molar-refractivity contribution in [1.29, 1.82) is 0 Å². The Hall–Kier alpha value is -2.12. The number of hydrogen-bond acceptors (Lipinski definition) is 5. The predicted molar refractivity (Wildman–Crippen MR) is 180 cm³/mol. The van der Waals surface area contributed by atoms with Gasteiger partial charge in [0.05, 0.1) is 23.7 Å². The molecule has 42 heavy (non-hydrogen) atoms. The summed E-state index contributed by atoms with van der Waals surface area (Å²) in [6.45, 7) is 17.0. The summed E-state index contributed by atoms with van der Waals surface area (Å²) in [5.74, 6) is 2.07. The quantitative estimate of drug-likeness (QED) is 0.171. The molecular formula is C34H52Cl2N4O2. The Balaban J connectivity index is 0.00000308. The van der Waals surface area contributed by atoms with Crippen LogP contribution in [0.1, 0.15) is 82.1 Å². The van der Waals surface area contributed by atoms with Gasteiger partial charge in [0.1, 0.15) is 5.82 Å². The van der Waals surface area contributed by atoms with Crippen LogP contribution in [0, 0.1) is 11.8 Å². The monoisotopic (exact) mass is 618 g/mol. The highest BCUT2D eigenvalue weighted by Crippen LogP contribution is 2.27. The summed E-state index contributed by atoms with van der Waals surface area (Å²) >= 11 is 0. The summed E-state index contributed by atoms with van der Waals surface area (Å²) < 4.78 is 7.31. The summed E-state index contributed by atoms with van der Waals surface area (Å²) in [6.07, 6.45) is 7.54. The van der Waals surface area contributed by atoms with E-state index in [2.05, 4.69) is 60.3 Å². The molecule has 8 heteroatoms. The Bertz CT molecular complexity index is 1210. The molecule has 0 spiro atoms. The minimum atomic E-state index is -0.314. The number of ether oxygens (including phenoxy) is 1. The fourth-order valence-electron chi connectivity index (χ4n) is 5.63. The van der Waals surface area contributed by atoms with Gasteiger partial charge in [-0.05, 0) is 106 Å². The molecule has 2 heterocycles. The van der Waals surface area contributed by atoms with E-state index in [4.69, 9.17) is 9.72 Å². The van der Waals surface area contributed by atoms with Crippen molar-refractivity contribution in [2.75, 3.05) is 39.8 Å². The minimum absolute atomic E-state index is 0. The first kappa shape index (κ1) is 36.1. The van der Waals surface area contributed by atoms with Gasteiger partial charge in [-0.2, -0.15) is 0 Å². The van der Waals surface area contributed by atoms with E-state index >= 15 is 0 Å². The number of carbonyl (C=O) groups excluding carboxylic acids is 1. The van der Waals surface area contributed by atoms with Crippen LogP contribution >= 0.6 is 24.8 Å². The smallest absolute Gasteiger partial charge is 0.337 e. The number of aryl methyl sites for hydroxylation is 1. The van der Waals surface area contributed by atoms with Gasteiger partial charge in [-0.15, -0.1) is 24.8 Å². The van der Waals surface area contributed by atoms with E-state index in [9.17, 15) is 4.79 Å². The molecule has 1 fully saturated rings. The lowest BCUT2D eigenvalue weighted by molar-refractivity contribution is 0.0600. The molecule has 0 saturated carbocycles. The van der Waals surface area contributed by atoms with Crippen LogP contribution in [0.5, 0.6) is 0 Å². The van der Waals surface area contributed by atoms with Crippen LogP contribution in [-0.2, 0) is 17.8 Å². The average molecular weight is 620 g/mol. The first-order valence-corrected chi connectivity index (χ1v) is 15.5. The summed E-state index contributed by atoms with van der Waals surface area (Å²) in [4.78, 5) is 22.3. The standard InChI is InChI=1S/C34H50N4O2.2ClH/c1-26(2)16-22-37(23-17-27(3)4)25-28-10-15-31-32(24-28)38(21-9-20-36-18-7-6-8-19-36)33(35-31)29-11-13-30(14-12-29)34(39)40-5;;/h10-15,24,26-27H,6-9,16-23,25H2,1-5H3;2*1H. The van der Waals surface area contributed by atoms with Crippen molar-refractivity contribution in [2.24, 2.45) is 11.8 Å². The molecule has 1 aliphatic heterocycles. The van der Waals surface area contributed by atoms with Crippen LogP contribution < -0.4 is 0 Å². The van der Waals surface area contributed by atoms with Gasteiger partial charge in [0.15, 0.2) is 0 Å². The van der Waals surface area contributed by atoms with Gasteiger partial charge < -0.3 is 14.2 Å². The zero-order valence-corrected chi connectivity index (χ0v) is 27.9. The molecule has 4 rings (SSSR count). The molecule has 0 N–H and O–H groups in total. The molecule has 6 nitrogen and oxygen atoms in total. The third-order valence-electron chi connectivity index (χ3n) is 8.13. The second kappa shape index (κ2) is 17.9. The highest BCUT2D eigenvalue weighted by atomic mass is 35.5. The Kier molecular flexibility index (Phi) is 15.3. The van der Waals surface area contributed by atoms with Crippen LogP contribution in [0.4, 0.5) is 0 Å². The van der Waals surface area contributed by atoms with E-state index in [1.165, 1.54) is 63.4 Å². The van der Waals surface area contributed by atoms with E-state index in [0.29, 0.717) is 17.4 Å². The number of methoxy groups -OCH3 is 1. The second-order valence-electron chi connectivity index (χ2n) is 12.4. The Labute approximate surface area is 266 Å². The third kappa shape index (κ3) is 10.3. The highest BCUT2D eigenvalue weighted by molar-refractivity contribution is 5.90. The molecule has 0 radical (unpaired) electrons. The lowest BCUT2D eigenvalue weighted by Crippen LogP contribution is -2.31. The topological polar surface area (TPSA) is 50.6 Å². The van der Waals surface area contributed by atoms with E-state index in [-0.39, 0.29) is 30.8 Å². The Morgan fingerprint density at radius 3 is 2.14 bits per heavy atom. The molecule has 3 aromatic rings. The summed E-state index contributed by atoms with van der Waals surface area (Å²) in [5.41, 5.74) is 5.17. The number of benzene rings is 2. The molecule has 0 amide bonds. The van der Waals surface area contributed by atoms with Crippen molar-refractivity contribution >= 4 is 41.8 Å². The van der Waals surface area contributed by atoms with Gasteiger partial charge in [0, 0.05) is 18.7 Å². The maximum atomic E-state index is 12.0. The second-order valence-corrected chi connectivity index (χ2v) is 12.4. The molecule has 1 aliphatic rings. The summed E-state index contributed by atoms with van der Waals surface area (Å²) in [7, 11) is 1.42. The van der Waals surface area contributed by atoms with Crippen molar-refractivity contribution < 1.29 is 9.53 Å². The number of likely N-dealkylation sites (tertiary alicyclic amines) is 1. The van der Waals surface area contributed by atoms with Crippen molar-refractivity contribution in [3.63, 3.8) is 0 Å². The molecule has 1 aromatic heterocycles. The maximum Gasteiger partial charge on any atom is 0.337 e. The lowest BCUT2D eigenvalue weighted by atomic mass is 10.1. The predicted octanol–water partition coefficient (Wildman–Crippen LogP) is 8.10. The fourth-order valence-corrected chi connectivity index (χ4v) is 5.63. The largest absolute Gasteiger partial charge is 0.465 e. The number of piperidine rings is 1. The van der Waals surface area contributed by atoms with E-state index in [0.717, 1.165) is 56.0 Å². The number of hydrogen-bond donors (Lipinski definition) is 0. The molecule has 0 bridgehead atoms. The van der Waals surface area contributed by atoms with Gasteiger partial charge in [-0.1, -0.05) is 52.3 Å². The SMILES string of the molecule is COC(=O)c1ccc(-c2nc3ccc(CN(CCC(C)C)CCC(C)C)cc3n2CCCN2CCCCC2)cc1.Cl.Cl. The molecule has 2 aromatic carbocycles. The summed E-state index contributed by atoms with van der Waals surface area (Å²) in [6, 6.07) is 14.5. The Morgan fingerprint density at radius 2 is 1.55 bits per heavy atom. The van der Waals surface area contributed by atoms with Gasteiger partial charge in [0.25, 0.3) is 0 Å².